The molecule has 1 aliphatic heterocycles. The average molecular weight is 264 g/mol. The molecule has 2 aromatic heterocycles. The smallest absolute Gasteiger partial charge is 0.223 e. The maximum Gasteiger partial charge on any atom is 0.223 e. The Labute approximate surface area is 109 Å². The van der Waals surface area contributed by atoms with Gasteiger partial charge in [-0.2, -0.15) is 4.98 Å². The first-order valence-electron chi connectivity index (χ1n) is 6.16. The Morgan fingerprint density at radius 1 is 1.56 bits per heavy atom. The van der Waals surface area contributed by atoms with E-state index in [0.717, 1.165) is 35.4 Å². The van der Waals surface area contributed by atoms with Gasteiger partial charge in [0, 0.05) is 18.0 Å². The summed E-state index contributed by atoms with van der Waals surface area (Å²) in [5.74, 6) is 1.17. The van der Waals surface area contributed by atoms with E-state index in [1.54, 1.807) is 11.3 Å². The molecule has 3 N–H and O–H groups in total. The lowest BCUT2D eigenvalue weighted by atomic mass is 10.3. The molecule has 1 unspecified atom stereocenters. The van der Waals surface area contributed by atoms with Gasteiger partial charge in [0.25, 0.3) is 0 Å². The average Bonchev–Trinajstić information content (AvgIpc) is 2.93. The minimum absolute atomic E-state index is 0.263. The number of rotatable bonds is 2. The molecule has 6 heteroatoms. The van der Waals surface area contributed by atoms with E-state index in [0.29, 0.717) is 12.5 Å². The fourth-order valence-electron chi connectivity index (χ4n) is 2.32. The molecule has 0 aromatic carbocycles. The lowest BCUT2D eigenvalue weighted by Crippen LogP contribution is -2.22. The van der Waals surface area contributed by atoms with Crippen molar-refractivity contribution in [2.24, 2.45) is 0 Å². The van der Waals surface area contributed by atoms with Crippen LogP contribution in [0.25, 0.3) is 10.2 Å². The molecule has 3 rings (SSSR count). The first kappa shape index (κ1) is 11.7. The Hall–Kier alpha value is -1.40. The van der Waals surface area contributed by atoms with Crippen LogP contribution in [-0.4, -0.2) is 34.3 Å². The van der Waals surface area contributed by atoms with Crippen molar-refractivity contribution in [1.29, 1.82) is 0 Å². The normalized spacial score (nSPS) is 19.9. The fourth-order valence-corrected chi connectivity index (χ4v) is 3.29. The second-order valence-corrected chi connectivity index (χ2v) is 5.69. The van der Waals surface area contributed by atoms with E-state index in [-0.39, 0.29) is 6.10 Å². The Balaban J connectivity index is 2.11. The third-order valence-electron chi connectivity index (χ3n) is 3.25. The van der Waals surface area contributed by atoms with Crippen LogP contribution in [-0.2, 0) is 6.42 Å². The third kappa shape index (κ3) is 1.91. The number of aliphatic hydroxyl groups excluding tert-OH is 1. The van der Waals surface area contributed by atoms with Gasteiger partial charge >= 0.3 is 0 Å². The zero-order valence-corrected chi connectivity index (χ0v) is 11.1. The molecule has 0 saturated carbocycles. The van der Waals surface area contributed by atoms with Crippen LogP contribution in [0.4, 0.5) is 11.8 Å². The lowest BCUT2D eigenvalue weighted by molar-refractivity contribution is 0.198. The van der Waals surface area contributed by atoms with Gasteiger partial charge in [-0.15, -0.1) is 11.3 Å². The van der Waals surface area contributed by atoms with E-state index in [1.165, 1.54) is 4.88 Å². The molecule has 1 fully saturated rings. The van der Waals surface area contributed by atoms with Gasteiger partial charge in [0.15, 0.2) is 0 Å². The molecule has 2 aromatic rings. The molecule has 1 aliphatic rings. The highest BCUT2D eigenvalue weighted by Crippen LogP contribution is 2.33. The molecule has 18 heavy (non-hydrogen) atoms. The summed E-state index contributed by atoms with van der Waals surface area (Å²) in [6.45, 7) is 3.58. The maximum atomic E-state index is 9.64. The minimum Gasteiger partial charge on any atom is -0.391 e. The fraction of sp³-hybridized carbons (Fsp3) is 0.500. The summed E-state index contributed by atoms with van der Waals surface area (Å²) in [6, 6.07) is 2.14. The van der Waals surface area contributed by atoms with Gasteiger partial charge < -0.3 is 15.7 Å². The second kappa shape index (κ2) is 4.37. The Bertz CT molecular complexity index is 583. The predicted octanol–water partition coefficient (Wildman–Crippen LogP) is 1.41. The molecule has 0 amide bonds. The Kier molecular flexibility index (Phi) is 2.83. The largest absolute Gasteiger partial charge is 0.391 e. The number of nitrogen functional groups attached to an aromatic ring is 1. The van der Waals surface area contributed by atoms with Crippen molar-refractivity contribution < 1.29 is 5.11 Å². The number of nitrogens with zero attached hydrogens (tertiary/aromatic N) is 3. The molecule has 5 nitrogen and oxygen atoms in total. The zero-order chi connectivity index (χ0) is 12.7. The number of fused-ring (bicyclic) bond motifs is 1. The molecule has 3 heterocycles. The summed E-state index contributed by atoms with van der Waals surface area (Å²) in [6.07, 6.45) is 1.51. The van der Waals surface area contributed by atoms with Gasteiger partial charge in [0.05, 0.1) is 11.5 Å². The third-order valence-corrected chi connectivity index (χ3v) is 4.43. The quantitative estimate of drug-likeness (QED) is 0.857. The van der Waals surface area contributed by atoms with Crippen LogP contribution in [0.3, 0.4) is 0 Å². The van der Waals surface area contributed by atoms with Crippen molar-refractivity contribution in [2.45, 2.75) is 25.9 Å². The van der Waals surface area contributed by atoms with E-state index in [9.17, 15) is 5.11 Å². The van der Waals surface area contributed by atoms with E-state index < -0.39 is 0 Å². The summed E-state index contributed by atoms with van der Waals surface area (Å²) in [5.41, 5.74) is 5.77. The van der Waals surface area contributed by atoms with Gasteiger partial charge in [-0.3, -0.25) is 0 Å². The second-order valence-electron chi connectivity index (χ2n) is 4.58. The van der Waals surface area contributed by atoms with Gasteiger partial charge in [0.1, 0.15) is 10.6 Å². The molecule has 0 bridgehead atoms. The Morgan fingerprint density at radius 2 is 2.39 bits per heavy atom. The molecule has 96 valence electrons. The molecule has 0 spiro atoms. The predicted molar refractivity (Wildman–Crippen MR) is 74.0 cm³/mol. The minimum atomic E-state index is -0.263. The van der Waals surface area contributed by atoms with Crippen molar-refractivity contribution >= 4 is 33.3 Å². The number of thiophene rings is 1. The van der Waals surface area contributed by atoms with Crippen molar-refractivity contribution in [3.8, 4) is 0 Å². The number of β-amino-alcohol motifs (C(OH)–C–C–N with tert-alkyl or cyclic N) is 1. The summed E-state index contributed by atoms with van der Waals surface area (Å²) < 4.78 is 0. The monoisotopic (exact) mass is 264 g/mol. The van der Waals surface area contributed by atoms with Crippen LogP contribution in [0.5, 0.6) is 0 Å². The number of aliphatic hydroxyl groups is 1. The highest BCUT2D eigenvalue weighted by Gasteiger charge is 2.24. The van der Waals surface area contributed by atoms with Crippen molar-refractivity contribution in [3.05, 3.63) is 10.9 Å². The zero-order valence-electron chi connectivity index (χ0n) is 10.3. The van der Waals surface area contributed by atoms with E-state index in [2.05, 4.69) is 27.9 Å². The molecule has 1 saturated heterocycles. The topological polar surface area (TPSA) is 75.3 Å². The number of aryl methyl sites for hydroxylation is 1. The van der Waals surface area contributed by atoms with E-state index in [1.807, 2.05) is 0 Å². The SMILES string of the molecule is CCc1cc2c(N3CCC(O)C3)nc(N)nc2s1. The van der Waals surface area contributed by atoms with Crippen LogP contribution >= 0.6 is 11.3 Å². The highest BCUT2D eigenvalue weighted by molar-refractivity contribution is 7.18. The summed E-state index contributed by atoms with van der Waals surface area (Å²) in [7, 11) is 0. The van der Waals surface area contributed by atoms with Gasteiger partial charge in [-0.25, -0.2) is 4.98 Å². The molecular weight excluding hydrogens is 248 g/mol. The molecule has 0 radical (unpaired) electrons. The number of anilines is 2. The highest BCUT2D eigenvalue weighted by atomic mass is 32.1. The summed E-state index contributed by atoms with van der Waals surface area (Å²) in [5, 5.41) is 10.7. The van der Waals surface area contributed by atoms with Crippen LogP contribution < -0.4 is 10.6 Å². The first-order chi connectivity index (χ1) is 8.67. The lowest BCUT2D eigenvalue weighted by Gasteiger charge is -2.17. The van der Waals surface area contributed by atoms with Gasteiger partial charge in [-0.1, -0.05) is 6.92 Å². The van der Waals surface area contributed by atoms with Crippen LogP contribution in [0.15, 0.2) is 6.07 Å². The Morgan fingerprint density at radius 3 is 3.06 bits per heavy atom. The van der Waals surface area contributed by atoms with Crippen LogP contribution in [0.2, 0.25) is 0 Å². The van der Waals surface area contributed by atoms with E-state index in [4.69, 9.17) is 5.73 Å². The van der Waals surface area contributed by atoms with Crippen LogP contribution in [0.1, 0.15) is 18.2 Å². The van der Waals surface area contributed by atoms with Gasteiger partial charge in [0.2, 0.25) is 5.95 Å². The molecule has 0 aliphatic carbocycles. The maximum absolute atomic E-state index is 9.64. The van der Waals surface area contributed by atoms with Crippen LogP contribution in [0, 0.1) is 0 Å². The van der Waals surface area contributed by atoms with Crippen molar-refractivity contribution in [1.82, 2.24) is 9.97 Å². The number of aromatic nitrogens is 2. The summed E-state index contributed by atoms with van der Waals surface area (Å²) in [4.78, 5) is 13.0. The number of nitrogens with two attached hydrogens (primary N) is 1. The van der Waals surface area contributed by atoms with E-state index >= 15 is 0 Å². The summed E-state index contributed by atoms with van der Waals surface area (Å²) >= 11 is 1.66. The van der Waals surface area contributed by atoms with Crippen molar-refractivity contribution in [2.75, 3.05) is 23.7 Å². The molecular formula is C12H16N4OS. The molecule has 1 atom stereocenters. The standard InChI is InChI=1S/C12H16N4OS/c1-2-8-5-9-10(16-4-3-7(17)6-16)14-12(13)15-11(9)18-8/h5,7,17H,2-4,6H2,1H3,(H2,13,14,15). The number of hydrogen-bond acceptors (Lipinski definition) is 6. The number of hydrogen-bond donors (Lipinski definition) is 2. The van der Waals surface area contributed by atoms with Gasteiger partial charge in [-0.05, 0) is 18.9 Å². The van der Waals surface area contributed by atoms with Crippen molar-refractivity contribution in [3.63, 3.8) is 0 Å². The first-order valence-corrected chi connectivity index (χ1v) is 6.98.